The Hall–Kier alpha value is -3.42. The number of nitrogens with one attached hydrogen (secondary N) is 1. The third-order valence-electron chi connectivity index (χ3n) is 5.99. The van der Waals surface area contributed by atoms with Gasteiger partial charge in [-0.15, -0.1) is 0 Å². The molecule has 1 amide bonds. The fourth-order valence-electron chi connectivity index (χ4n) is 4.36. The quantitative estimate of drug-likeness (QED) is 0.579. The van der Waals surface area contributed by atoms with E-state index in [1.807, 2.05) is 42.5 Å². The van der Waals surface area contributed by atoms with Crippen LogP contribution in [0.3, 0.4) is 0 Å². The first kappa shape index (κ1) is 22.8. The van der Waals surface area contributed by atoms with Crippen LogP contribution in [0.4, 0.5) is 13.2 Å². The molecule has 1 N–H and O–H groups in total. The van der Waals surface area contributed by atoms with Gasteiger partial charge in [-0.2, -0.15) is 13.2 Å². The van der Waals surface area contributed by atoms with Crippen molar-refractivity contribution >= 4 is 11.7 Å². The number of amides is 1. The number of rotatable bonds is 6. The molecule has 0 saturated carbocycles. The second-order valence-corrected chi connectivity index (χ2v) is 8.38. The smallest absolute Gasteiger partial charge is 0.358 e. The zero-order valence-electron chi connectivity index (χ0n) is 18.2. The highest BCUT2D eigenvalue weighted by atomic mass is 19.4. The maximum Gasteiger partial charge on any atom is 0.390 e. The summed E-state index contributed by atoms with van der Waals surface area (Å²) in [4.78, 5) is 34.5. The summed E-state index contributed by atoms with van der Waals surface area (Å²) in [7, 11) is 1.35. The van der Waals surface area contributed by atoms with E-state index < -0.39 is 31.0 Å². The van der Waals surface area contributed by atoms with Gasteiger partial charge in [-0.1, -0.05) is 30.3 Å². The first-order valence-corrected chi connectivity index (χ1v) is 10.8. The Labute approximate surface area is 189 Å². The van der Waals surface area contributed by atoms with E-state index in [0.29, 0.717) is 17.7 Å². The van der Waals surface area contributed by atoms with Crippen molar-refractivity contribution in [3.05, 3.63) is 77.2 Å². The lowest BCUT2D eigenvalue weighted by atomic mass is 9.83. The minimum atomic E-state index is -4.34. The highest BCUT2D eigenvalue weighted by Crippen LogP contribution is 2.36. The first-order chi connectivity index (χ1) is 15.7. The Morgan fingerprint density at radius 1 is 1.12 bits per heavy atom. The van der Waals surface area contributed by atoms with Crippen molar-refractivity contribution in [1.29, 1.82) is 0 Å². The molecule has 0 saturated heterocycles. The highest BCUT2D eigenvalue weighted by Gasteiger charge is 2.36. The van der Waals surface area contributed by atoms with E-state index in [0.717, 1.165) is 27.3 Å². The fourth-order valence-corrected chi connectivity index (χ4v) is 4.36. The second-order valence-electron chi connectivity index (χ2n) is 8.38. The predicted molar refractivity (Wildman–Crippen MR) is 118 cm³/mol. The molecule has 0 radical (unpaired) electrons. The lowest BCUT2D eigenvalue weighted by Crippen LogP contribution is -2.38. The van der Waals surface area contributed by atoms with Gasteiger partial charge in [0.1, 0.15) is 0 Å². The van der Waals surface area contributed by atoms with Crippen LogP contribution in [0.15, 0.2) is 54.9 Å². The minimum absolute atomic E-state index is 0.0163. The van der Waals surface area contributed by atoms with Gasteiger partial charge >= 0.3 is 6.18 Å². The van der Waals surface area contributed by atoms with Crippen molar-refractivity contribution in [2.75, 3.05) is 13.6 Å². The number of aromatic nitrogens is 2. The maximum absolute atomic E-state index is 13.2. The van der Waals surface area contributed by atoms with Crippen molar-refractivity contribution in [1.82, 2.24) is 14.9 Å². The maximum atomic E-state index is 13.2. The number of nitrogens with zero attached hydrogens (tertiary/aromatic N) is 2. The number of carbonyl (C=O) groups is 2. The number of aromatic amines is 1. The van der Waals surface area contributed by atoms with E-state index in [4.69, 9.17) is 0 Å². The van der Waals surface area contributed by atoms with Crippen molar-refractivity contribution in [2.24, 2.45) is 5.92 Å². The first-order valence-electron chi connectivity index (χ1n) is 10.8. The molecule has 4 rings (SSSR count). The van der Waals surface area contributed by atoms with Crippen molar-refractivity contribution < 1.29 is 22.8 Å². The summed E-state index contributed by atoms with van der Waals surface area (Å²) in [5.74, 6) is -1.29. The summed E-state index contributed by atoms with van der Waals surface area (Å²) in [6.45, 7) is -0.424. The molecule has 0 bridgehead atoms. The highest BCUT2D eigenvalue weighted by molar-refractivity contribution is 6.04. The van der Waals surface area contributed by atoms with Crippen LogP contribution in [0.2, 0.25) is 0 Å². The number of ketones is 1. The summed E-state index contributed by atoms with van der Waals surface area (Å²) in [5.41, 5.74) is 4.84. The standard InChI is InChI=1S/C25H24F3N3O2/c1-31(12-9-25(26,27)28)24(33)18-14-20-22(21(32)15-18)19(13-16-5-3-2-4-6-16)23(30-20)17-7-10-29-11-8-17/h2-8,10-11,18,30H,9,12-15H2,1H3. The molecular formula is C25H24F3N3O2. The number of Topliss-reactive ketones (excluding diaryl/α,β-unsaturated/α-hetero) is 1. The van der Waals surface area contributed by atoms with Crippen LogP contribution in [-0.2, 0) is 17.6 Å². The summed E-state index contributed by atoms with van der Waals surface area (Å²) in [5, 5.41) is 0. The largest absolute Gasteiger partial charge is 0.390 e. The summed E-state index contributed by atoms with van der Waals surface area (Å²) >= 11 is 0. The number of fused-ring (bicyclic) bond motifs is 1. The summed E-state index contributed by atoms with van der Waals surface area (Å²) in [6, 6.07) is 13.5. The number of pyridine rings is 1. The van der Waals surface area contributed by atoms with Gasteiger partial charge in [0.05, 0.1) is 18.0 Å². The molecule has 0 fully saturated rings. The number of alkyl halides is 3. The van der Waals surface area contributed by atoms with Crippen molar-refractivity contribution in [3.8, 4) is 11.3 Å². The predicted octanol–water partition coefficient (Wildman–Crippen LogP) is 4.82. The molecule has 0 spiro atoms. The zero-order valence-corrected chi connectivity index (χ0v) is 18.2. The molecule has 0 aliphatic heterocycles. The Balaban J connectivity index is 1.65. The van der Waals surface area contributed by atoms with Crippen LogP contribution in [-0.4, -0.2) is 46.3 Å². The molecule has 1 aliphatic carbocycles. The molecule has 2 aromatic heterocycles. The van der Waals surface area contributed by atoms with E-state index in [2.05, 4.69) is 9.97 Å². The average Bonchev–Trinajstić information content (AvgIpc) is 3.16. The van der Waals surface area contributed by atoms with E-state index in [1.54, 1.807) is 12.4 Å². The average molecular weight is 455 g/mol. The van der Waals surface area contributed by atoms with Gasteiger partial charge < -0.3 is 9.88 Å². The fraction of sp³-hybridized carbons (Fsp3) is 0.320. The number of hydrogen-bond acceptors (Lipinski definition) is 3. The van der Waals surface area contributed by atoms with E-state index >= 15 is 0 Å². The zero-order chi connectivity index (χ0) is 23.6. The van der Waals surface area contributed by atoms with Gasteiger partial charge in [-0.3, -0.25) is 14.6 Å². The molecule has 172 valence electrons. The third kappa shape index (κ3) is 5.16. The molecular weight excluding hydrogens is 431 g/mol. The Morgan fingerprint density at radius 3 is 2.48 bits per heavy atom. The minimum Gasteiger partial charge on any atom is -0.358 e. The van der Waals surface area contributed by atoms with Crippen LogP contribution < -0.4 is 0 Å². The van der Waals surface area contributed by atoms with Crippen LogP contribution in [0.1, 0.15) is 40.0 Å². The van der Waals surface area contributed by atoms with E-state index in [-0.39, 0.29) is 18.6 Å². The molecule has 3 aromatic rings. The molecule has 1 atom stereocenters. The SMILES string of the molecule is CN(CCC(F)(F)F)C(=O)C1CC(=O)c2c([nH]c(-c3ccncc3)c2Cc2ccccc2)C1. The molecule has 8 heteroatoms. The lowest BCUT2D eigenvalue weighted by molar-refractivity contribution is -0.146. The van der Waals surface area contributed by atoms with Gasteiger partial charge in [0, 0.05) is 62.1 Å². The van der Waals surface area contributed by atoms with Crippen LogP contribution in [0.5, 0.6) is 0 Å². The van der Waals surface area contributed by atoms with Crippen LogP contribution >= 0.6 is 0 Å². The summed E-state index contributed by atoms with van der Waals surface area (Å²) in [6.07, 6.45) is -1.26. The van der Waals surface area contributed by atoms with Crippen molar-refractivity contribution in [2.45, 2.75) is 31.9 Å². The van der Waals surface area contributed by atoms with Gasteiger partial charge in [0.15, 0.2) is 5.78 Å². The number of halogens is 3. The Morgan fingerprint density at radius 2 is 1.82 bits per heavy atom. The van der Waals surface area contributed by atoms with Gasteiger partial charge in [-0.05, 0) is 23.3 Å². The molecule has 33 heavy (non-hydrogen) atoms. The molecule has 1 aliphatic rings. The van der Waals surface area contributed by atoms with Crippen LogP contribution in [0, 0.1) is 5.92 Å². The number of hydrogen-bond donors (Lipinski definition) is 1. The second kappa shape index (κ2) is 9.21. The molecule has 5 nitrogen and oxygen atoms in total. The Bertz CT molecular complexity index is 1140. The normalized spacial score (nSPS) is 15.9. The van der Waals surface area contributed by atoms with E-state index in [1.165, 1.54) is 7.05 Å². The summed E-state index contributed by atoms with van der Waals surface area (Å²) < 4.78 is 37.7. The number of benzene rings is 1. The van der Waals surface area contributed by atoms with Gasteiger partial charge in [-0.25, -0.2) is 0 Å². The van der Waals surface area contributed by atoms with Crippen LogP contribution in [0.25, 0.3) is 11.3 Å². The lowest BCUT2D eigenvalue weighted by Gasteiger charge is -2.26. The topological polar surface area (TPSA) is 66.1 Å². The van der Waals surface area contributed by atoms with E-state index in [9.17, 15) is 22.8 Å². The third-order valence-corrected chi connectivity index (χ3v) is 5.99. The molecule has 1 unspecified atom stereocenters. The van der Waals surface area contributed by atoms with Crippen molar-refractivity contribution in [3.63, 3.8) is 0 Å². The monoisotopic (exact) mass is 455 g/mol. The number of H-pyrrole nitrogens is 1. The molecule has 2 heterocycles. The number of carbonyl (C=O) groups excluding carboxylic acids is 2. The Kier molecular flexibility index (Phi) is 6.35. The van der Waals surface area contributed by atoms with Gasteiger partial charge in [0.25, 0.3) is 0 Å². The van der Waals surface area contributed by atoms with Gasteiger partial charge in [0.2, 0.25) is 5.91 Å². The molecule has 1 aromatic carbocycles.